The smallest absolute Gasteiger partial charge is 0.0542 e. The SMILES string of the molecule is C=Cc1sc2c(-c3cccc(-c4ccc(-n5c6ccccc6c6cc(-n7c8ccccc8c8ccccc87)ccc65)cc4)c3)cccc2c1C=C. The quantitative estimate of drug-likeness (QED) is 0.167. The van der Waals surface area contributed by atoms with Crippen molar-refractivity contribution in [2.24, 2.45) is 0 Å². The summed E-state index contributed by atoms with van der Waals surface area (Å²) in [6.07, 6.45) is 3.88. The number of aromatic nitrogens is 2. The Kier molecular flexibility index (Phi) is 6.70. The maximum absolute atomic E-state index is 4.07. The molecule has 0 saturated heterocycles. The summed E-state index contributed by atoms with van der Waals surface area (Å²) in [6.45, 7) is 8.11. The molecule has 0 radical (unpaired) electrons. The van der Waals surface area contributed by atoms with Gasteiger partial charge in [0.1, 0.15) is 0 Å². The van der Waals surface area contributed by atoms with Crippen LogP contribution in [0.1, 0.15) is 10.4 Å². The van der Waals surface area contributed by atoms with E-state index in [4.69, 9.17) is 0 Å². The summed E-state index contributed by atoms with van der Waals surface area (Å²) in [6, 6.07) is 57.5. The van der Waals surface area contributed by atoms with Gasteiger partial charge in [-0.3, -0.25) is 0 Å². The van der Waals surface area contributed by atoms with E-state index >= 15 is 0 Å². The van der Waals surface area contributed by atoms with Crippen LogP contribution in [0.15, 0.2) is 171 Å². The van der Waals surface area contributed by atoms with Crippen molar-refractivity contribution in [3.63, 3.8) is 0 Å². The van der Waals surface area contributed by atoms with Gasteiger partial charge in [-0.25, -0.2) is 0 Å². The predicted octanol–water partition coefficient (Wildman–Crippen LogP) is 13.7. The molecular formula is C48H32N2S. The Morgan fingerprint density at radius 1 is 0.412 bits per heavy atom. The molecule has 0 amide bonds. The zero-order chi connectivity index (χ0) is 34.1. The normalized spacial score (nSPS) is 11.7. The number of para-hydroxylation sites is 3. The fourth-order valence-corrected chi connectivity index (χ4v) is 9.18. The molecule has 0 aliphatic carbocycles. The molecule has 0 N–H and O–H groups in total. The highest BCUT2D eigenvalue weighted by Crippen LogP contribution is 2.41. The Hall–Kier alpha value is -6.42. The average Bonchev–Trinajstić information content (AvgIpc) is 3.85. The molecule has 3 heterocycles. The van der Waals surface area contributed by atoms with Crippen molar-refractivity contribution in [2.75, 3.05) is 0 Å². The molecule has 10 aromatic rings. The molecule has 10 rings (SSSR count). The van der Waals surface area contributed by atoms with Crippen molar-refractivity contribution in [1.29, 1.82) is 0 Å². The molecule has 3 heteroatoms. The van der Waals surface area contributed by atoms with Crippen LogP contribution in [0.3, 0.4) is 0 Å². The number of fused-ring (bicyclic) bond motifs is 7. The Labute approximate surface area is 300 Å². The van der Waals surface area contributed by atoms with Crippen LogP contribution in [0.4, 0.5) is 0 Å². The van der Waals surface area contributed by atoms with Crippen molar-refractivity contribution in [1.82, 2.24) is 9.13 Å². The second-order valence-corrected chi connectivity index (χ2v) is 14.1. The first-order valence-corrected chi connectivity index (χ1v) is 18.1. The van der Waals surface area contributed by atoms with Crippen LogP contribution in [0.25, 0.3) is 99.5 Å². The van der Waals surface area contributed by atoms with E-state index in [1.165, 1.54) is 76.0 Å². The summed E-state index contributed by atoms with van der Waals surface area (Å²) in [5.41, 5.74) is 13.1. The molecule has 2 nitrogen and oxygen atoms in total. The third-order valence-corrected chi connectivity index (χ3v) is 11.5. The highest BCUT2D eigenvalue weighted by Gasteiger charge is 2.17. The van der Waals surface area contributed by atoms with Crippen LogP contribution in [-0.2, 0) is 0 Å². The third-order valence-electron chi connectivity index (χ3n) is 10.3. The van der Waals surface area contributed by atoms with E-state index in [9.17, 15) is 0 Å². The third kappa shape index (κ3) is 4.49. The van der Waals surface area contributed by atoms with Crippen LogP contribution >= 0.6 is 11.3 Å². The number of nitrogens with zero attached hydrogens (tertiary/aromatic N) is 2. The summed E-state index contributed by atoms with van der Waals surface area (Å²) >= 11 is 1.78. The van der Waals surface area contributed by atoms with Crippen molar-refractivity contribution in [3.05, 3.63) is 181 Å². The summed E-state index contributed by atoms with van der Waals surface area (Å²) < 4.78 is 6.06. The second kappa shape index (κ2) is 11.6. The average molecular weight is 669 g/mol. The molecule has 0 aliphatic heterocycles. The fraction of sp³-hybridized carbons (Fsp3) is 0. The summed E-state index contributed by atoms with van der Waals surface area (Å²) in [5.74, 6) is 0. The number of hydrogen-bond acceptors (Lipinski definition) is 1. The minimum atomic E-state index is 1.14. The summed E-state index contributed by atoms with van der Waals surface area (Å²) in [7, 11) is 0. The van der Waals surface area contributed by atoms with Gasteiger partial charge < -0.3 is 9.13 Å². The second-order valence-electron chi connectivity index (χ2n) is 13.0. The van der Waals surface area contributed by atoms with E-state index in [1.807, 2.05) is 12.2 Å². The molecule has 0 fully saturated rings. The Morgan fingerprint density at radius 3 is 1.63 bits per heavy atom. The van der Waals surface area contributed by atoms with E-state index in [2.05, 4.69) is 180 Å². The minimum absolute atomic E-state index is 1.14. The van der Waals surface area contributed by atoms with Crippen LogP contribution < -0.4 is 0 Å². The van der Waals surface area contributed by atoms with Gasteiger partial charge in [0.05, 0.1) is 22.1 Å². The van der Waals surface area contributed by atoms with Crippen LogP contribution in [-0.4, -0.2) is 9.13 Å². The van der Waals surface area contributed by atoms with Gasteiger partial charge in [-0.2, -0.15) is 0 Å². The van der Waals surface area contributed by atoms with Crippen molar-refractivity contribution in [3.8, 4) is 33.6 Å². The van der Waals surface area contributed by atoms with Gasteiger partial charge in [0.15, 0.2) is 0 Å². The monoisotopic (exact) mass is 668 g/mol. The van der Waals surface area contributed by atoms with E-state index in [-0.39, 0.29) is 0 Å². The first kappa shape index (κ1) is 29.5. The van der Waals surface area contributed by atoms with Crippen LogP contribution in [0.5, 0.6) is 0 Å². The molecule has 7 aromatic carbocycles. The van der Waals surface area contributed by atoms with Crippen molar-refractivity contribution >= 4 is 77.2 Å². The lowest BCUT2D eigenvalue weighted by molar-refractivity contribution is 1.17. The number of thiophene rings is 1. The Balaban J connectivity index is 1.07. The van der Waals surface area contributed by atoms with Crippen molar-refractivity contribution in [2.45, 2.75) is 0 Å². The maximum atomic E-state index is 4.07. The van der Waals surface area contributed by atoms with E-state index < -0.39 is 0 Å². The largest absolute Gasteiger partial charge is 0.309 e. The predicted molar refractivity (Wildman–Crippen MR) is 222 cm³/mol. The highest BCUT2D eigenvalue weighted by molar-refractivity contribution is 7.20. The first-order valence-electron chi connectivity index (χ1n) is 17.3. The fourth-order valence-electron chi connectivity index (χ4n) is 7.99. The van der Waals surface area contributed by atoms with Gasteiger partial charge in [-0.15, -0.1) is 11.3 Å². The zero-order valence-corrected chi connectivity index (χ0v) is 28.7. The molecule has 3 aromatic heterocycles. The lowest BCUT2D eigenvalue weighted by Crippen LogP contribution is -1.96. The molecule has 240 valence electrons. The maximum Gasteiger partial charge on any atom is 0.0542 e. The molecule has 0 atom stereocenters. The molecule has 0 unspecified atom stereocenters. The molecule has 51 heavy (non-hydrogen) atoms. The molecule has 0 spiro atoms. The summed E-state index contributed by atoms with van der Waals surface area (Å²) in [5, 5.41) is 6.25. The molecular weight excluding hydrogens is 637 g/mol. The van der Waals surface area contributed by atoms with E-state index in [0.29, 0.717) is 0 Å². The van der Waals surface area contributed by atoms with Gasteiger partial charge in [0, 0.05) is 47.9 Å². The number of hydrogen-bond donors (Lipinski definition) is 0. The Bertz CT molecular complexity index is 2950. The molecule has 0 bridgehead atoms. The van der Waals surface area contributed by atoms with Gasteiger partial charge in [0.25, 0.3) is 0 Å². The lowest BCUT2D eigenvalue weighted by Gasteiger charge is -2.12. The number of benzene rings is 7. The molecule has 0 saturated carbocycles. The molecule has 0 aliphatic rings. The highest BCUT2D eigenvalue weighted by atomic mass is 32.1. The standard InChI is InChI=1S/C48H32N2S/c1-3-36-41-19-12-18-37(48(41)51-47(36)4-2)33-14-11-13-32(29-33)31-23-25-34(26-24-31)49-45-22-10-7-17-40(45)42-30-35(27-28-46(42)49)50-43-20-8-5-15-38(43)39-16-6-9-21-44(39)50/h3-30H,1-2H2. The Morgan fingerprint density at radius 2 is 0.961 bits per heavy atom. The number of rotatable bonds is 6. The van der Waals surface area contributed by atoms with Gasteiger partial charge in [-0.1, -0.05) is 128 Å². The van der Waals surface area contributed by atoms with Crippen LogP contribution in [0.2, 0.25) is 0 Å². The van der Waals surface area contributed by atoms with E-state index in [0.717, 1.165) is 21.8 Å². The summed E-state index contributed by atoms with van der Waals surface area (Å²) in [4.78, 5) is 1.16. The van der Waals surface area contributed by atoms with E-state index in [1.54, 1.807) is 11.3 Å². The van der Waals surface area contributed by atoms with Crippen molar-refractivity contribution < 1.29 is 0 Å². The topological polar surface area (TPSA) is 9.86 Å². The van der Waals surface area contributed by atoms with Gasteiger partial charge in [0.2, 0.25) is 0 Å². The lowest BCUT2D eigenvalue weighted by atomic mass is 9.97. The first-order chi connectivity index (χ1) is 25.2. The van der Waals surface area contributed by atoms with Gasteiger partial charge in [-0.05, 0) is 82.4 Å². The zero-order valence-electron chi connectivity index (χ0n) is 27.9. The van der Waals surface area contributed by atoms with Gasteiger partial charge >= 0.3 is 0 Å². The van der Waals surface area contributed by atoms with Crippen LogP contribution in [0, 0.1) is 0 Å². The minimum Gasteiger partial charge on any atom is -0.309 e.